The summed E-state index contributed by atoms with van der Waals surface area (Å²) < 4.78 is 0. The van der Waals surface area contributed by atoms with Crippen molar-refractivity contribution in [3.63, 3.8) is 0 Å². The van der Waals surface area contributed by atoms with E-state index in [0.29, 0.717) is 10.3 Å². The van der Waals surface area contributed by atoms with Gasteiger partial charge in [0, 0.05) is 16.3 Å². The third-order valence-corrected chi connectivity index (χ3v) is 3.57. The van der Waals surface area contributed by atoms with E-state index in [1.165, 1.54) is 6.07 Å². The molecule has 0 spiro atoms. The first kappa shape index (κ1) is 9.80. The van der Waals surface area contributed by atoms with Crippen molar-refractivity contribution >= 4 is 29.1 Å². The highest BCUT2D eigenvalue weighted by atomic mass is 35.5. The maximum Gasteiger partial charge on any atom is 0.284 e. The molecule has 1 aliphatic rings. The summed E-state index contributed by atoms with van der Waals surface area (Å²) in [6.07, 6.45) is 2.31. The van der Waals surface area contributed by atoms with E-state index in [-0.39, 0.29) is 10.6 Å². The summed E-state index contributed by atoms with van der Waals surface area (Å²) in [6, 6.07) is 4.83. The Labute approximate surface area is 90.6 Å². The largest absolute Gasteiger partial charge is 0.284 e. The van der Waals surface area contributed by atoms with Crippen molar-refractivity contribution in [1.82, 2.24) is 0 Å². The highest BCUT2D eigenvalue weighted by molar-refractivity contribution is 8.00. The SMILES string of the molecule is O=[N+]([O-])c1cc(Cl)ccc1SC1CC1. The summed E-state index contributed by atoms with van der Waals surface area (Å²) in [7, 11) is 0. The quantitative estimate of drug-likeness (QED) is 0.589. The van der Waals surface area contributed by atoms with Crippen molar-refractivity contribution in [3.05, 3.63) is 33.3 Å². The van der Waals surface area contributed by atoms with Gasteiger partial charge in [-0.15, -0.1) is 11.8 Å². The predicted octanol–water partition coefficient (Wildman–Crippen LogP) is 3.50. The zero-order chi connectivity index (χ0) is 10.1. The van der Waals surface area contributed by atoms with Gasteiger partial charge in [-0.2, -0.15) is 0 Å². The Morgan fingerprint density at radius 3 is 2.79 bits per heavy atom. The molecule has 2 rings (SSSR count). The molecule has 0 bridgehead atoms. The summed E-state index contributed by atoms with van der Waals surface area (Å²) in [5, 5.41) is 11.7. The predicted molar refractivity (Wildman–Crippen MR) is 57.0 cm³/mol. The van der Waals surface area contributed by atoms with E-state index in [1.54, 1.807) is 23.9 Å². The van der Waals surface area contributed by atoms with Crippen molar-refractivity contribution in [2.24, 2.45) is 0 Å². The average Bonchev–Trinajstić information content (AvgIpc) is 2.91. The van der Waals surface area contributed by atoms with Gasteiger partial charge in [-0.3, -0.25) is 10.1 Å². The highest BCUT2D eigenvalue weighted by Gasteiger charge is 2.26. The first-order chi connectivity index (χ1) is 6.66. The normalized spacial score (nSPS) is 15.5. The van der Waals surface area contributed by atoms with E-state index < -0.39 is 0 Å². The van der Waals surface area contributed by atoms with Gasteiger partial charge in [0.2, 0.25) is 0 Å². The van der Waals surface area contributed by atoms with Crippen molar-refractivity contribution < 1.29 is 4.92 Å². The van der Waals surface area contributed by atoms with Crippen LogP contribution < -0.4 is 0 Å². The van der Waals surface area contributed by atoms with Gasteiger partial charge in [0.15, 0.2) is 0 Å². The first-order valence-corrected chi connectivity index (χ1v) is 5.53. The average molecular weight is 230 g/mol. The van der Waals surface area contributed by atoms with Gasteiger partial charge in [0.25, 0.3) is 5.69 Å². The lowest BCUT2D eigenvalue weighted by Crippen LogP contribution is -1.91. The van der Waals surface area contributed by atoms with Gasteiger partial charge in [0.1, 0.15) is 0 Å². The number of halogens is 1. The number of hydrogen-bond donors (Lipinski definition) is 0. The summed E-state index contributed by atoms with van der Waals surface area (Å²) in [5.41, 5.74) is 0.120. The maximum absolute atomic E-state index is 10.7. The Morgan fingerprint density at radius 1 is 1.50 bits per heavy atom. The van der Waals surface area contributed by atoms with E-state index in [2.05, 4.69) is 0 Å². The molecule has 1 saturated carbocycles. The molecule has 1 fully saturated rings. The number of nitro groups is 1. The van der Waals surface area contributed by atoms with Crippen LogP contribution in [0, 0.1) is 10.1 Å². The van der Waals surface area contributed by atoms with Crippen molar-refractivity contribution in [1.29, 1.82) is 0 Å². The smallest absolute Gasteiger partial charge is 0.258 e. The molecular formula is C9H8ClNO2S. The molecule has 1 aliphatic carbocycles. The molecule has 0 saturated heterocycles. The first-order valence-electron chi connectivity index (χ1n) is 4.27. The number of nitro benzene ring substituents is 1. The molecule has 0 N–H and O–H groups in total. The fraction of sp³-hybridized carbons (Fsp3) is 0.333. The van der Waals surface area contributed by atoms with Gasteiger partial charge in [-0.25, -0.2) is 0 Å². The van der Waals surface area contributed by atoms with E-state index in [0.717, 1.165) is 17.7 Å². The fourth-order valence-corrected chi connectivity index (χ4v) is 2.40. The van der Waals surface area contributed by atoms with Crippen LogP contribution in [-0.2, 0) is 0 Å². The standard InChI is InChI=1S/C9H8ClNO2S/c10-6-1-4-9(14-7-2-3-7)8(5-6)11(12)13/h1,4-5,7H,2-3H2. The number of hydrogen-bond acceptors (Lipinski definition) is 3. The van der Waals surface area contributed by atoms with E-state index in [4.69, 9.17) is 11.6 Å². The van der Waals surface area contributed by atoms with Crippen molar-refractivity contribution in [3.8, 4) is 0 Å². The molecule has 0 heterocycles. The zero-order valence-corrected chi connectivity index (χ0v) is 8.85. The van der Waals surface area contributed by atoms with Gasteiger partial charge in [-0.1, -0.05) is 11.6 Å². The molecule has 74 valence electrons. The fourth-order valence-electron chi connectivity index (χ4n) is 1.10. The summed E-state index contributed by atoms with van der Waals surface area (Å²) in [4.78, 5) is 11.1. The van der Waals surface area contributed by atoms with Crippen LogP contribution >= 0.6 is 23.4 Å². The van der Waals surface area contributed by atoms with Gasteiger partial charge in [-0.05, 0) is 25.0 Å². The number of rotatable bonds is 3. The Bertz CT molecular complexity index is 379. The molecule has 3 nitrogen and oxygen atoms in total. The lowest BCUT2D eigenvalue weighted by Gasteiger charge is -2.01. The minimum absolute atomic E-state index is 0.120. The molecule has 1 aromatic carbocycles. The third-order valence-electron chi connectivity index (χ3n) is 1.94. The Hall–Kier alpha value is -0.740. The van der Waals surface area contributed by atoms with E-state index in [1.807, 2.05) is 0 Å². The van der Waals surface area contributed by atoms with Gasteiger partial charge < -0.3 is 0 Å². The number of benzene rings is 1. The number of thioether (sulfide) groups is 1. The topological polar surface area (TPSA) is 43.1 Å². The highest BCUT2D eigenvalue weighted by Crippen LogP contribution is 2.43. The van der Waals surface area contributed by atoms with Crippen LogP contribution in [0.15, 0.2) is 23.1 Å². The molecular weight excluding hydrogens is 222 g/mol. The van der Waals surface area contributed by atoms with Crippen molar-refractivity contribution in [2.75, 3.05) is 0 Å². The molecule has 0 aromatic heterocycles. The molecule has 0 unspecified atom stereocenters. The second kappa shape index (κ2) is 3.79. The van der Waals surface area contributed by atoms with Crippen LogP contribution in [0.25, 0.3) is 0 Å². The minimum atomic E-state index is -0.378. The lowest BCUT2D eigenvalue weighted by molar-refractivity contribution is -0.387. The van der Waals surface area contributed by atoms with Crippen LogP contribution in [0.5, 0.6) is 0 Å². The second-order valence-corrected chi connectivity index (χ2v) is 4.96. The van der Waals surface area contributed by atoms with E-state index in [9.17, 15) is 10.1 Å². The molecule has 1 aromatic rings. The Morgan fingerprint density at radius 2 is 2.21 bits per heavy atom. The van der Waals surface area contributed by atoms with Crippen molar-refractivity contribution in [2.45, 2.75) is 23.0 Å². The van der Waals surface area contributed by atoms with Gasteiger partial charge >= 0.3 is 0 Å². The molecule has 0 aliphatic heterocycles. The molecule has 0 atom stereocenters. The van der Waals surface area contributed by atoms with Crippen LogP contribution in [0.4, 0.5) is 5.69 Å². The Balaban J connectivity index is 2.31. The maximum atomic E-state index is 10.7. The Kier molecular flexibility index (Phi) is 2.65. The van der Waals surface area contributed by atoms with Crippen LogP contribution in [0.2, 0.25) is 5.02 Å². The lowest BCUT2D eigenvalue weighted by atomic mass is 10.3. The van der Waals surface area contributed by atoms with E-state index >= 15 is 0 Å². The molecule has 5 heteroatoms. The monoisotopic (exact) mass is 229 g/mol. The number of nitrogens with zero attached hydrogens (tertiary/aromatic N) is 1. The molecule has 14 heavy (non-hydrogen) atoms. The van der Waals surface area contributed by atoms with Crippen LogP contribution in [0.1, 0.15) is 12.8 Å². The second-order valence-electron chi connectivity index (χ2n) is 3.19. The summed E-state index contributed by atoms with van der Waals surface area (Å²) in [6.45, 7) is 0. The third kappa shape index (κ3) is 2.19. The summed E-state index contributed by atoms with van der Waals surface area (Å²) >= 11 is 7.27. The minimum Gasteiger partial charge on any atom is -0.258 e. The molecule has 0 radical (unpaired) electrons. The summed E-state index contributed by atoms with van der Waals surface area (Å²) in [5.74, 6) is 0. The van der Waals surface area contributed by atoms with Gasteiger partial charge in [0.05, 0.1) is 9.82 Å². The molecule has 0 amide bonds. The zero-order valence-electron chi connectivity index (χ0n) is 7.27. The van der Waals surface area contributed by atoms with Crippen LogP contribution in [-0.4, -0.2) is 10.2 Å². The van der Waals surface area contributed by atoms with Crippen LogP contribution in [0.3, 0.4) is 0 Å².